The highest BCUT2D eigenvalue weighted by Crippen LogP contribution is 2.38. The van der Waals surface area contributed by atoms with Gasteiger partial charge in [-0.3, -0.25) is 5.32 Å². The number of aromatic nitrogens is 2. The van der Waals surface area contributed by atoms with Crippen LogP contribution in [0.1, 0.15) is 16.8 Å². The first-order chi connectivity index (χ1) is 19.0. The van der Waals surface area contributed by atoms with Gasteiger partial charge in [-0.1, -0.05) is 17.7 Å². The minimum atomic E-state index is -0.426. The number of anilines is 1. The molecule has 1 atom stereocenters. The fourth-order valence-corrected chi connectivity index (χ4v) is 4.75. The van der Waals surface area contributed by atoms with Crippen LogP contribution < -0.4 is 24.8 Å². The van der Waals surface area contributed by atoms with E-state index in [-0.39, 0.29) is 0 Å². The first-order valence-corrected chi connectivity index (χ1v) is 12.9. The molecule has 1 unspecified atom stereocenters. The van der Waals surface area contributed by atoms with Gasteiger partial charge in [0.25, 0.3) is 0 Å². The maximum atomic E-state index is 6.66. The number of nitrogens with zero attached hydrogens (tertiary/aromatic N) is 2. The molecule has 4 aromatic rings. The third kappa shape index (κ3) is 5.86. The van der Waals surface area contributed by atoms with Crippen LogP contribution in [-0.2, 0) is 22.6 Å². The zero-order valence-electron chi connectivity index (χ0n) is 22.3. The van der Waals surface area contributed by atoms with Gasteiger partial charge in [0.2, 0.25) is 6.41 Å². The molecule has 0 saturated carbocycles. The monoisotopic (exact) mass is 550 g/mol. The fraction of sp³-hybridized carbons (Fsp3) is 0.310. The van der Waals surface area contributed by atoms with E-state index < -0.39 is 6.41 Å². The molecule has 0 aliphatic carbocycles. The lowest BCUT2D eigenvalue weighted by molar-refractivity contribution is -0.130. The Labute approximate surface area is 232 Å². The second-order valence-corrected chi connectivity index (χ2v) is 9.44. The summed E-state index contributed by atoms with van der Waals surface area (Å²) in [6.45, 7) is 4.14. The van der Waals surface area contributed by atoms with E-state index in [1.54, 1.807) is 21.3 Å². The number of aryl methyl sites for hydroxylation is 1. The van der Waals surface area contributed by atoms with Gasteiger partial charge in [0.15, 0.2) is 5.82 Å². The summed E-state index contributed by atoms with van der Waals surface area (Å²) in [5.74, 6) is 2.85. The summed E-state index contributed by atoms with van der Waals surface area (Å²) in [4.78, 5) is 0. The van der Waals surface area contributed by atoms with Crippen LogP contribution in [0, 0.1) is 6.92 Å². The first-order valence-electron chi connectivity index (χ1n) is 12.6. The standard InChI is InChI=1S/C29H31ClN4O5/c1-17-23-11-18(24-14-25(30)20(12-27(24)37-4)16-39-29-31-9-10-38-29)6-8-22(23)28(34-33-17)32-15-19-5-7-21(35-2)13-26(19)36-3/h5-8,11-14,29,31H,9-10,15-16H2,1-4H3,(H,32,34). The number of hydrogen-bond donors (Lipinski definition) is 2. The van der Waals surface area contributed by atoms with Gasteiger partial charge in [-0.25, -0.2) is 0 Å². The average Bonchev–Trinajstić information content (AvgIpc) is 3.49. The van der Waals surface area contributed by atoms with Crippen molar-refractivity contribution in [2.24, 2.45) is 0 Å². The summed E-state index contributed by atoms with van der Waals surface area (Å²) in [6, 6.07) is 15.7. The van der Waals surface area contributed by atoms with Crippen LogP contribution in [0.4, 0.5) is 5.82 Å². The Morgan fingerprint density at radius 3 is 2.54 bits per heavy atom. The van der Waals surface area contributed by atoms with E-state index in [4.69, 9.17) is 35.3 Å². The van der Waals surface area contributed by atoms with Gasteiger partial charge in [-0.2, -0.15) is 5.10 Å². The zero-order chi connectivity index (χ0) is 27.4. The molecule has 3 aromatic carbocycles. The van der Waals surface area contributed by atoms with Crippen LogP contribution in [0.25, 0.3) is 21.9 Å². The molecule has 39 heavy (non-hydrogen) atoms. The lowest BCUT2D eigenvalue weighted by atomic mass is 9.99. The fourth-order valence-electron chi connectivity index (χ4n) is 4.53. The van der Waals surface area contributed by atoms with Gasteiger partial charge in [-0.15, -0.1) is 5.10 Å². The van der Waals surface area contributed by atoms with Gasteiger partial charge in [-0.05, 0) is 48.9 Å². The van der Waals surface area contributed by atoms with Crippen molar-refractivity contribution in [3.63, 3.8) is 0 Å². The zero-order valence-corrected chi connectivity index (χ0v) is 23.1. The van der Waals surface area contributed by atoms with Gasteiger partial charge in [0.05, 0.1) is 40.2 Å². The molecule has 204 valence electrons. The SMILES string of the molecule is COc1ccc(CNc2nnc(C)c3cc(-c4cc(Cl)c(COC5NCCO5)cc4OC)ccc23)c(OC)c1. The largest absolute Gasteiger partial charge is 0.497 e. The highest BCUT2D eigenvalue weighted by molar-refractivity contribution is 6.31. The Kier molecular flexibility index (Phi) is 8.33. The van der Waals surface area contributed by atoms with Crippen LogP contribution >= 0.6 is 11.6 Å². The number of hydrogen-bond acceptors (Lipinski definition) is 9. The van der Waals surface area contributed by atoms with E-state index >= 15 is 0 Å². The number of benzene rings is 3. The van der Waals surface area contributed by atoms with Gasteiger partial charge in [0, 0.05) is 51.6 Å². The normalized spacial score (nSPS) is 14.9. The summed E-state index contributed by atoms with van der Waals surface area (Å²) in [5, 5.41) is 17.9. The van der Waals surface area contributed by atoms with Gasteiger partial charge >= 0.3 is 0 Å². The minimum absolute atomic E-state index is 0.299. The maximum Gasteiger partial charge on any atom is 0.216 e. The van der Waals surface area contributed by atoms with Crippen molar-refractivity contribution in [1.82, 2.24) is 15.5 Å². The number of ether oxygens (including phenoxy) is 5. The lowest BCUT2D eigenvalue weighted by Gasteiger charge is -2.16. The van der Waals surface area contributed by atoms with E-state index in [0.717, 1.165) is 56.8 Å². The van der Waals surface area contributed by atoms with Crippen molar-refractivity contribution < 1.29 is 23.7 Å². The summed E-state index contributed by atoms with van der Waals surface area (Å²) >= 11 is 6.66. The van der Waals surface area contributed by atoms with Crippen LogP contribution in [0.5, 0.6) is 17.2 Å². The summed E-state index contributed by atoms with van der Waals surface area (Å²) < 4.78 is 27.8. The van der Waals surface area contributed by atoms with Crippen LogP contribution in [-0.4, -0.2) is 51.1 Å². The highest BCUT2D eigenvalue weighted by atomic mass is 35.5. The predicted molar refractivity (Wildman–Crippen MR) is 151 cm³/mol. The van der Waals surface area contributed by atoms with E-state index in [2.05, 4.69) is 26.9 Å². The molecule has 5 rings (SSSR count). The number of halogens is 1. The van der Waals surface area contributed by atoms with E-state index in [1.807, 2.05) is 49.4 Å². The van der Waals surface area contributed by atoms with Crippen LogP contribution in [0.15, 0.2) is 48.5 Å². The van der Waals surface area contributed by atoms with Crippen molar-refractivity contribution in [2.45, 2.75) is 26.5 Å². The summed E-state index contributed by atoms with van der Waals surface area (Å²) in [6.07, 6.45) is -0.426. The maximum absolute atomic E-state index is 6.66. The third-order valence-corrected chi connectivity index (χ3v) is 7.01. The molecule has 0 bridgehead atoms. The molecule has 1 fully saturated rings. The highest BCUT2D eigenvalue weighted by Gasteiger charge is 2.18. The Bertz CT molecular complexity index is 1480. The van der Waals surface area contributed by atoms with Crippen molar-refractivity contribution in [1.29, 1.82) is 0 Å². The molecule has 1 aliphatic heterocycles. The Balaban J connectivity index is 1.42. The van der Waals surface area contributed by atoms with E-state index in [1.165, 1.54) is 0 Å². The van der Waals surface area contributed by atoms with Crippen molar-refractivity contribution in [3.8, 4) is 28.4 Å². The Morgan fingerprint density at radius 1 is 0.949 bits per heavy atom. The second kappa shape index (κ2) is 12.0. The third-order valence-electron chi connectivity index (χ3n) is 6.66. The molecule has 1 saturated heterocycles. The molecule has 10 heteroatoms. The Hall–Kier alpha value is -3.63. The summed E-state index contributed by atoms with van der Waals surface area (Å²) in [7, 11) is 4.92. The summed E-state index contributed by atoms with van der Waals surface area (Å²) in [5.41, 5.74) is 4.44. The molecule has 1 aliphatic rings. The lowest BCUT2D eigenvalue weighted by Crippen LogP contribution is -2.25. The van der Waals surface area contributed by atoms with Crippen LogP contribution in [0.3, 0.4) is 0 Å². The molecule has 9 nitrogen and oxygen atoms in total. The average molecular weight is 551 g/mol. The number of fused-ring (bicyclic) bond motifs is 1. The Morgan fingerprint density at radius 2 is 1.79 bits per heavy atom. The van der Waals surface area contributed by atoms with Gasteiger partial charge < -0.3 is 29.0 Å². The molecule has 1 aromatic heterocycles. The molecule has 0 radical (unpaired) electrons. The minimum Gasteiger partial charge on any atom is -0.497 e. The molecular weight excluding hydrogens is 520 g/mol. The van der Waals surface area contributed by atoms with E-state index in [9.17, 15) is 0 Å². The smallest absolute Gasteiger partial charge is 0.216 e. The van der Waals surface area contributed by atoms with Gasteiger partial charge in [0.1, 0.15) is 17.2 Å². The topological polar surface area (TPSA) is 96.0 Å². The number of rotatable bonds is 10. The van der Waals surface area contributed by atoms with Crippen molar-refractivity contribution in [2.75, 3.05) is 39.8 Å². The van der Waals surface area contributed by atoms with Crippen molar-refractivity contribution in [3.05, 3.63) is 70.4 Å². The molecule has 0 amide bonds. The molecule has 0 spiro atoms. The molecule has 2 N–H and O–H groups in total. The number of methoxy groups -OCH3 is 3. The van der Waals surface area contributed by atoms with Crippen LogP contribution in [0.2, 0.25) is 5.02 Å². The van der Waals surface area contributed by atoms with E-state index in [0.29, 0.717) is 36.3 Å². The van der Waals surface area contributed by atoms with Crippen molar-refractivity contribution >= 4 is 28.2 Å². The first kappa shape index (κ1) is 27.0. The second-order valence-electron chi connectivity index (χ2n) is 9.04. The quantitative estimate of drug-likeness (QED) is 0.272. The molecular formula is C29H31ClN4O5. The molecule has 2 heterocycles. The predicted octanol–water partition coefficient (Wildman–Crippen LogP) is 5.32. The number of nitrogens with one attached hydrogen (secondary N) is 2.